The molecule has 0 aromatic heterocycles. The van der Waals surface area contributed by atoms with Crippen LogP contribution in [0, 0.1) is 5.92 Å². The second-order valence-corrected chi connectivity index (χ2v) is 5.93. The van der Waals surface area contributed by atoms with Crippen molar-refractivity contribution in [3.8, 4) is 0 Å². The number of amides is 1. The number of rotatable bonds is 4. The van der Waals surface area contributed by atoms with Crippen LogP contribution in [-0.2, 0) is 14.3 Å². The summed E-state index contributed by atoms with van der Waals surface area (Å²) in [7, 11) is 0. The van der Waals surface area contributed by atoms with Crippen LogP contribution in [0.2, 0.25) is 0 Å². The van der Waals surface area contributed by atoms with E-state index in [1.54, 1.807) is 20.8 Å². The minimum absolute atomic E-state index is 0.392. The molecule has 2 unspecified atom stereocenters. The summed E-state index contributed by atoms with van der Waals surface area (Å²) in [5.74, 6) is -3.50. The second-order valence-electron chi connectivity index (χ2n) is 5.93. The average molecular weight is 287 g/mol. The van der Waals surface area contributed by atoms with Crippen molar-refractivity contribution in [3.05, 3.63) is 0 Å². The van der Waals surface area contributed by atoms with E-state index in [0.717, 1.165) is 0 Å². The summed E-state index contributed by atoms with van der Waals surface area (Å²) in [5, 5.41) is 18.0. The molecule has 0 saturated carbocycles. The molecule has 114 valence electrons. The Labute approximate surface area is 117 Å². The highest BCUT2D eigenvalue weighted by Gasteiger charge is 2.41. The monoisotopic (exact) mass is 287 g/mol. The van der Waals surface area contributed by atoms with E-state index in [9.17, 15) is 19.5 Å². The average Bonchev–Trinajstić information content (AvgIpc) is 2.71. The minimum atomic E-state index is -1.20. The molecular formula is C13H21NO6. The van der Waals surface area contributed by atoms with Crippen molar-refractivity contribution in [2.24, 2.45) is 5.92 Å². The van der Waals surface area contributed by atoms with E-state index in [1.165, 1.54) is 4.90 Å². The van der Waals surface area contributed by atoms with Gasteiger partial charge in [0, 0.05) is 12.6 Å². The zero-order chi connectivity index (χ0) is 15.5. The van der Waals surface area contributed by atoms with Crippen LogP contribution < -0.4 is 0 Å². The third-order valence-electron chi connectivity index (χ3n) is 3.10. The van der Waals surface area contributed by atoms with Crippen LogP contribution in [0.25, 0.3) is 0 Å². The van der Waals surface area contributed by atoms with Crippen molar-refractivity contribution >= 4 is 18.0 Å². The molecule has 0 bridgehead atoms. The largest absolute Gasteiger partial charge is 0.481 e. The first kappa shape index (κ1) is 16.3. The number of carboxylic acids is 2. The molecule has 2 atom stereocenters. The molecule has 1 heterocycles. The number of carboxylic acid groups (broad SMARTS) is 2. The second kappa shape index (κ2) is 6.11. The molecule has 1 rings (SSSR count). The molecule has 1 amide bonds. The van der Waals surface area contributed by atoms with E-state index >= 15 is 0 Å². The molecular weight excluding hydrogens is 266 g/mol. The van der Waals surface area contributed by atoms with Gasteiger partial charge in [-0.05, 0) is 33.6 Å². The van der Waals surface area contributed by atoms with Crippen LogP contribution in [0.4, 0.5) is 4.79 Å². The van der Waals surface area contributed by atoms with E-state index in [-0.39, 0.29) is 0 Å². The molecule has 1 saturated heterocycles. The maximum atomic E-state index is 12.0. The van der Waals surface area contributed by atoms with Gasteiger partial charge in [-0.1, -0.05) is 0 Å². The van der Waals surface area contributed by atoms with Crippen molar-refractivity contribution in [3.63, 3.8) is 0 Å². The van der Waals surface area contributed by atoms with E-state index in [4.69, 9.17) is 9.84 Å². The summed E-state index contributed by atoms with van der Waals surface area (Å²) in [6.07, 6.45) is 0.0347. The number of hydrogen-bond donors (Lipinski definition) is 2. The van der Waals surface area contributed by atoms with Gasteiger partial charge in [-0.15, -0.1) is 0 Å². The summed E-state index contributed by atoms with van der Waals surface area (Å²) >= 11 is 0. The van der Waals surface area contributed by atoms with Crippen molar-refractivity contribution in [1.29, 1.82) is 0 Å². The predicted molar refractivity (Wildman–Crippen MR) is 69.3 cm³/mol. The van der Waals surface area contributed by atoms with Crippen LogP contribution in [0.1, 0.15) is 40.0 Å². The van der Waals surface area contributed by atoms with Crippen molar-refractivity contribution in [2.45, 2.75) is 51.7 Å². The van der Waals surface area contributed by atoms with E-state index < -0.39 is 42.0 Å². The summed E-state index contributed by atoms with van der Waals surface area (Å²) in [5.41, 5.74) is -0.671. The molecule has 0 spiro atoms. The van der Waals surface area contributed by atoms with Gasteiger partial charge >= 0.3 is 18.0 Å². The number of likely N-dealkylation sites (tertiary alicyclic amines) is 1. The fraction of sp³-hybridized carbons (Fsp3) is 0.769. The van der Waals surface area contributed by atoms with E-state index in [0.29, 0.717) is 19.4 Å². The summed E-state index contributed by atoms with van der Waals surface area (Å²) in [6.45, 7) is 5.56. The molecule has 0 aliphatic carbocycles. The molecule has 1 aliphatic rings. The lowest BCUT2D eigenvalue weighted by molar-refractivity contribution is -0.150. The van der Waals surface area contributed by atoms with Crippen LogP contribution in [0.5, 0.6) is 0 Å². The fourth-order valence-electron chi connectivity index (χ4n) is 2.33. The topological polar surface area (TPSA) is 104 Å². The Hall–Kier alpha value is -1.79. The summed E-state index contributed by atoms with van der Waals surface area (Å²) in [4.78, 5) is 35.4. The van der Waals surface area contributed by atoms with Crippen molar-refractivity contribution < 1.29 is 29.3 Å². The summed E-state index contributed by atoms with van der Waals surface area (Å²) in [6, 6.07) is -0.626. The van der Waals surface area contributed by atoms with Gasteiger partial charge in [0.15, 0.2) is 0 Å². The Bertz CT molecular complexity index is 400. The van der Waals surface area contributed by atoms with Gasteiger partial charge in [-0.2, -0.15) is 0 Å². The van der Waals surface area contributed by atoms with Gasteiger partial charge in [0.1, 0.15) is 5.60 Å². The predicted octanol–water partition coefficient (Wildman–Crippen LogP) is 1.56. The molecule has 7 heteroatoms. The molecule has 1 aliphatic heterocycles. The van der Waals surface area contributed by atoms with Gasteiger partial charge in [-0.25, -0.2) is 4.79 Å². The number of carbonyl (C=O) groups excluding carboxylic acids is 1. The van der Waals surface area contributed by atoms with Crippen LogP contribution in [0.15, 0.2) is 0 Å². The highest BCUT2D eigenvalue weighted by Crippen LogP contribution is 2.28. The van der Waals surface area contributed by atoms with Gasteiger partial charge in [0.2, 0.25) is 0 Å². The van der Waals surface area contributed by atoms with Crippen molar-refractivity contribution in [2.75, 3.05) is 6.54 Å². The highest BCUT2D eigenvalue weighted by atomic mass is 16.6. The molecule has 0 aromatic rings. The maximum absolute atomic E-state index is 12.0. The van der Waals surface area contributed by atoms with E-state index in [1.807, 2.05) is 0 Å². The third kappa shape index (κ3) is 4.40. The molecule has 0 radical (unpaired) electrons. The maximum Gasteiger partial charge on any atom is 0.410 e. The normalized spacial score (nSPS) is 20.6. The lowest BCUT2D eigenvalue weighted by Crippen LogP contribution is -2.45. The van der Waals surface area contributed by atoms with Crippen LogP contribution in [0.3, 0.4) is 0 Å². The lowest BCUT2D eigenvalue weighted by atomic mass is 9.94. The Kier molecular flexibility index (Phi) is 4.97. The zero-order valence-electron chi connectivity index (χ0n) is 12.0. The number of nitrogens with zero attached hydrogens (tertiary/aromatic N) is 1. The van der Waals surface area contributed by atoms with Gasteiger partial charge in [0.05, 0.1) is 12.3 Å². The van der Waals surface area contributed by atoms with Gasteiger partial charge in [0.25, 0.3) is 0 Å². The minimum Gasteiger partial charge on any atom is -0.481 e. The SMILES string of the molecule is CC(C)(C)OC(=O)N1CCCC1C(CC(=O)O)C(=O)O. The fourth-order valence-corrected chi connectivity index (χ4v) is 2.33. The summed E-state index contributed by atoms with van der Waals surface area (Å²) < 4.78 is 5.23. The first-order valence-corrected chi connectivity index (χ1v) is 6.56. The lowest BCUT2D eigenvalue weighted by Gasteiger charge is -2.31. The van der Waals surface area contributed by atoms with Crippen LogP contribution >= 0.6 is 0 Å². The number of aliphatic carboxylic acids is 2. The molecule has 20 heavy (non-hydrogen) atoms. The Morgan fingerprint density at radius 2 is 1.90 bits per heavy atom. The van der Waals surface area contributed by atoms with Crippen LogP contribution in [-0.4, -0.2) is 51.3 Å². The molecule has 0 aromatic carbocycles. The number of hydrogen-bond acceptors (Lipinski definition) is 4. The Morgan fingerprint density at radius 3 is 2.35 bits per heavy atom. The number of carbonyl (C=O) groups is 3. The third-order valence-corrected chi connectivity index (χ3v) is 3.10. The molecule has 7 nitrogen and oxygen atoms in total. The standard InChI is InChI=1S/C13H21NO6/c1-13(2,3)20-12(19)14-6-4-5-9(14)8(11(17)18)7-10(15)16/h8-9H,4-7H2,1-3H3,(H,15,16)(H,17,18). The zero-order valence-corrected chi connectivity index (χ0v) is 12.0. The highest BCUT2D eigenvalue weighted by molar-refractivity contribution is 5.79. The molecule has 2 N–H and O–H groups in total. The number of ether oxygens (including phenoxy) is 1. The van der Waals surface area contributed by atoms with Gasteiger partial charge < -0.3 is 19.8 Å². The first-order chi connectivity index (χ1) is 9.11. The quantitative estimate of drug-likeness (QED) is 0.813. The van der Waals surface area contributed by atoms with E-state index in [2.05, 4.69) is 0 Å². The van der Waals surface area contributed by atoms with Crippen molar-refractivity contribution in [1.82, 2.24) is 4.90 Å². The first-order valence-electron chi connectivity index (χ1n) is 6.56. The Balaban J connectivity index is 2.84. The van der Waals surface area contributed by atoms with Gasteiger partial charge in [-0.3, -0.25) is 9.59 Å². The Morgan fingerprint density at radius 1 is 1.30 bits per heavy atom. The molecule has 1 fully saturated rings. The smallest absolute Gasteiger partial charge is 0.410 e.